The number of aromatic nitrogens is 2. The third kappa shape index (κ3) is 3.22. The van der Waals surface area contributed by atoms with Gasteiger partial charge in [0.1, 0.15) is 6.54 Å². The van der Waals surface area contributed by atoms with Crippen LogP contribution in [-0.2, 0) is 6.18 Å². The molecule has 2 aromatic rings. The molecule has 0 spiro atoms. The molecule has 114 valence electrons. The Morgan fingerprint density at radius 2 is 2.00 bits per heavy atom. The third-order valence-electron chi connectivity index (χ3n) is 2.71. The summed E-state index contributed by atoms with van der Waals surface area (Å²) in [5, 5.41) is 11.8. The quantitative estimate of drug-likeness (QED) is 0.813. The van der Waals surface area contributed by atoms with Crippen LogP contribution in [0.15, 0.2) is 28.8 Å². The second-order valence-electron chi connectivity index (χ2n) is 4.32. The fourth-order valence-electron chi connectivity index (χ4n) is 1.62. The Hall–Kier alpha value is -2.89. The van der Waals surface area contributed by atoms with Gasteiger partial charge in [-0.05, 0) is 12.1 Å². The molecular formula is C13H9F3N4O2. The fourth-order valence-corrected chi connectivity index (χ4v) is 1.62. The molecule has 1 amide bonds. The second kappa shape index (κ2) is 5.85. The number of hydrogen-bond donors (Lipinski definition) is 0. The predicted molar refractivity (Wildman–Crippen MR) is 67.3 cm³/mol. The first-order chi connectivity index (χ1) is 10.3. The lowest BCUT2D eigenvalue weighted by Gasteiger charge is -2.12. The van der Waals surface area contributed by atoms with Gasteiger partial charge in [0.2, 0.25) is 5.82 Å². The first-order valence-corrected chi connectivity index (χ1v) is 5.96. The van der Waals surface area contributed by atoms with Crippen LogP contribution >= 0.6 is 0 Å². The van der Waals surface area contributed by atoms with E-state index in [0.717, 1.165) is 0 Å². The van der Waals surface area contributed by atoms with E-state index in [1.807, 2.05) is 6.07 Å². The third-order valence-corrected chi connectivity index (χ3v) is 2.71. The molecule has 0 saturated heterocycles. The Morgan fingerprint density at radius 3 is 2.50 bits per heavy atom. The molecule has 0 aliphatic carbocycles. The van der Waals surface area contributed by atoms with Crippen molar-refractivity contribution in [2.45, 2.75) is 6.18 Å². The number of rotatable bonds is 3. The Morgan fingerprint density at radius 1 is 1.36 bits per heavy atom. The minimum Gasteiger partial charge on any atom is -0.329 e. The van der Waals surface area contributed by atoms with Gasteiger partial charge < -0.3 is 9.42 Å². The molecule has 1 aromatic heterocycles. The largest absolute Gasteiger partial charge is 0.471 e. The minimum absolute atomic E-state index is 0.0691. The van der Waals surface area contributed by atoms with Crippen LogP contribution in [0.25, 0.3) is 11.4 Å². The smallest absolute Gasteiger partial charge is 0.329 e. The number of hydrogen-bond acceptors (Lipinski definition) is 5. The number of carbonyl (C=O) groups excluding carboxylic acids is 1. The summed E-state index contributed by atoms with van der Waals surface area (Å²) in [4.78, 5) is 16.4. The van der Waals surface area contributed by atoms with Gasteiger partial charge in [-0.2, -0.15) is 23.4 Å². The van der Waals surface area contributed by atoms with Gasteiger partial charge in [0, 0.05) is 18.2 Å². The van der Waals surface area contributed by atoms with Crippen molar-refractivity contribution in [3.63, 3.8) is 0 Å². The fraction of sp³-hybridized carbons (Fsp3) is 0.231. The van der Waals surface area contributed by atoms with Crippen LogP contribution < -0.4 is 0 Å². The molecule has 0 radical (unpaired) electrons. The summed E-state index contributed by atoms with van der Waals surface area (Å²) in [5.41, 5.74) is 0.569. The zero-order chi connectivity index (χ0) is 16.3. The molecule has 0 unspecified atom stereocenters. The molecule has 6 nitrogen and oxygen atoms in total. The van der Waals surface area contributed by atoms with Crippen LogP contribution in [0.5, 0.6) is 0 Å². The maximum Gasteiger partial charge on any atom is 0.471 e. The normalized spacial score (nSPS) is 11.0. The number of nitrogens with zero attached hydrogens (tertiary/aromatic N) is 4. The summed E-state index contributed by atoms with van der Waals surface area (Å²) in [7, 11) is 1.47. The molecule has 0 N–H and O–H groups in total. The van der Waals surface area contributed by atoms with Gasteiger partial charge in [-0.25, -0.2) is 0 Å². The summed E-state index contributed by atoms with van der Waals surface area (Å²) in [5.74, 6) is -2.04. The molecule has 2 rings (SSSR count). The Balaban J connectivity index is 2.21. The molecule has 0 saturated carbocycles. The monoisotopic (exact) mass is 310 g/mol. The first kappa shape index (κ1) is 15.5. The number of amides is 1. The number of benzene rings is 1. The predicted octanol–water partition coefficient (Wildman–Crippen LogP) is 2.35. The van der Waals surface area contributed by atoms with E-state index >= 15 is 0 Å². The SMILES string of the molecule is CN(CC#N)C(=O)c1ccc(-c2noc(C(F)(F)F)n2)cc1. The number of nitriles is 1. The van der Waals surface area contributed by atoms with Gasteiger partial charge in [-0.1, -0.05) is 17.3 Å². The molecular weight excluding hydrogens is 301 g/mol. The van der Waals surface area contributed by atoms with Crippen LogP contribution in [0.3, 0.4) is 0 Å². The summed E-state index contributed by atoms with van der Waals surface area (Å²) in [6.45, 7) is -0.0691. The van der Waals surface area contributed by atoms with Gasteiger partial charge >= 0.3 is 12.1 Å². The van der Waals surface area contributed by atoms with E-state index in [0.29, 0.717) is 5.56 Å². The van der Waals surface area contributed by atoms with E-state index in [4.69, 9.17) is 5.26 Å². The molecule has 0 atom stereocenters. The van der Waals surface area contributed by atoms with Crippen molar-refractivity contribution < 1.29 is 22.5 Å². The average molecular weight is 310 g/mol. The Labute approximate surface area is 122 Å². The van der Waals surface area contributed by atoms with E-state index in [2.05, 4.69) is 14.7 Å². The van der Waals surface area contributed by atoms with Crippen LogP contribution in [0.2, 0.25) is 0 Å². The maximum absolute atomic E-state index is 12.4. The van der Waals surface area contributed by atoms with Crippen LogP contribution in [-0.4, -0.2) is 34.5 Å². The average Bonchev–Trinajstić information content (AvgIpc) is 2.97. The molecule has 1 heterocycles. The van der Waals surface area contributed by atoms with E-state index in [9.17, 15) is 18.0 Å². The van der Waals surface area contributed by atoms with E-state index < -0.39 is 12.1 Å². The van der Waals surface area contributed by atoms with E-state index in [1.165, 1.54) is 36.2 Å². The van der Waals surface area contributed by atoms with E-state index in [-0.39, 0.29) is 23.8 Å². The van der Waals surface area contributed by atoms with Crippen molar-refractivity contribution in [2.75, 3.05) is 13.6 Å². The highest BCUT2D eigenvalue weighted by Gasteiger charge is 2.38. The summed E-state index contributed by atoms with van der Waals surface area (Å²) >= 11 is 0. The molecule has 1 aromatic carbocycles. The van der Waals surface area contributed by atoms with Crippen LogP contribution in [0.4, 0.5) is 13.2 Å². The zero-order valence-corrected chi connectivity index (χ0v) is 11.3. The van der Waals surface area contributed by atoms with Crippen molar-refractivity contribution in [3.8, 4) is 17.5 Å². The highest BCUT2D eigenvalue weighted by molar-refractivity contribution is 5.94. The second-order valence-corrected chi connectivity index (χ2v) is 4.32. The van der Waals surface area contributed by atoms with Gasteiger partial charge in [-0.3, -0.25) is 4.79 Å². The Bertz CT molecular complexity index is 716. The van der Waals surface area contributed by atoms with Gasteiger partial charge in [0.05, 0.1) is 6.07 Å². The molecule has 0 bridgehead atoms. The lowest BCUT2D eigenvalue weighted by atomic mass is 10.1. The summed E-state index contributed by atoms with van der Waals surface area (Å²) < 4.78 is 41.3. The minimum atomic E-state index is -4.71. The van der Waals surface area contributed by atoms with Gasteiger partial charge in [0.15, 0.2) is 0 Å². The lowest BCUT2D eigenvalue weighted by molar-refractivity contribution is -0.159. The highest BCUT2D eigenvalue weighted by atomic mass is 19.4. The van der Waals surface area contributed by atoms with Crippen molar-refractivity contribution in [3.05, 3.63) is 35.7 Å². The number of carbonyl (C=O) groups is 1. The lowest BCUT2D eigenvalue weighted by Crippen LogP contribution is -2.26. The molecule has 22 heavy (non-hydrogen) atoms. The highest BCUT2D eigenvalue weighted by Crippen LogP contribution is 2.29. The zero-order valence-electron chi connectivity index (χ0n) is 11.3. The van der Waals surface area contributed by atoms with Gasteiger partial charge in [-0.15, -0.1) is 0 Å². The van der Waals surface area contributed by atoms with Crippen LogP contribution in [0, 0.1) is 11.3 Å². The van der Waals surface area contributed by atoms with Crippen molar-refractivity contribution in [1.29, 1.82) is 5.26 Å². The summed E-state index contributed by atoms with van der Waals surface area (Å²) in [6.07, 6.45) is -4.71. The number of alkyl halides is 3. The summed E-state index contributed by atoms with van der Waals surface area (Å²) in [6, 6.07) is 7.46. The number of halogens is 3. The molecule has 0 aliphatic heterocycles. The molecule has 0 aliphatic rings. The molecule has 9 heteroatoms. The van der Waals surface area contributed by atoms with Crippen molar-refractivity contribution in [1.82, 2.24) is 15.0 Å². The topological polar surface area (TPSA) is 83.0 Å². The Kier molecular flexibility index (Phi) is 4.12. The molecule has 0 fully saturated rings. The maximum atomic E-state index is 12.4. The van der Waals surface area contributed by atoms with Crippen molar-refractivity contribution >= 4 is 5.91 Å². The van der Waals surface area contributed by atoms with Crippen molar-refractivity contribution in [2.24, 2.45) is 0 Å². The van der Waals surface area contributed by atoms with E-state index in [1.54, 1.807) is 0 Å². The van der Waals surface area contributed by atoms with Gasteiger partial charge in [0.25, 0.3) is 5.91 Å². The first-order valence-electron chi connectivity index (χ1n) is 5.96. The standard InChI is InChI=1S/C13H9F3N4O2/c1-20(7-6-17)11(21)9-4-2-8(3-5-9)10-18-12(22-19-10)13(14,15)16/h2-5H,7H2,1H3. The van der Waals surface area contributed by atoms with Crippen LogP contribution in [0.1, 0.15) is 16.2 Å².